The minimum absolute atomic E-state index is 0.00537. The number of hydrogen-bond acceptors (Lipinski definition) is 11. The van der Waals surface area contributed by atoms with Crippen LogP contribution >= 0.6 is 0 Å². The molecule has 1 aliphatic carbocycles. The molecule has 15 nitrogen and oxygen atoms in total. The highest BCUT2D eigenvalue weighted by Gasteiger charge is 2.40. The van der Waals surface area contributed by atoms with Crippen LogP contribution in [-0.2, 0) is 9.53 Å². The number of rotatable bonds is 10. The van der Waals surface area contributed by atoms with Crippen LogP contribution in [0, 0.1) is 0 Å². The van der Waals surface area contributed by atoms with Crippen LogP contribution in [0.5, 0.6) is 5.75 Å². The lowest BCUT2D eigenvalue weighted by Crippen LogP contribution is -2.51. The number of piperidine rings is 3. The van der Waals surface area contributed by atoms with Crippen LogP contribution in [0.2, 0.25) is 0 Å². The summed E-state index contributed by atoms with van der Waals surface area (Å²) in [6, 6.07) is 18.5. The Morgan fingerprint density at radius 2 is 1.72 bits per heavy atom. The van der Waals surface area contributed by atoms with E-state index in [-0.39, 0.29) is 42.0 Å². The zero-order valence-corrected chi connectivity index (χ0v) is 36.2. The van der Waals surface area contributed by atoms with Crippen molar-refractivity contribution >= 4 is 46.1 Å². The van der Waals surface area contributed by atoms with Gasteiger partial charge in [-0.2, -0.15) is 0 Å². The molecule has 1 saturated carbocycles. The highest BCUT2D eigenvalue weighted by Crippen LogP contribution is 2.46. The second-order valence-electron chi connectivity index (χ2n) is 18.3. The number of nitrogen functional groups attached to an aromatic ring is 1. The number of aromatic hydroxyl groups is 1. The van der Waals surface area contributed by atoms with E-state index >= 15 is 4.39 Å². The summed E-state index contributed by atoms with van der Waals surface area (Å²) in [6.45, 7) is 4.28. The van der Waals surface area contributed by atoms with E-state index in [9.17, 15) is 19.5 Å². The molecule has 5 fully saturated rings. The molecule has 7 heterocycles. The van der Waals surface area contributed by atoms with Gasteiger partial charge in [0.2, 0.25) is 5.91 Å². The van der Waals surface area contributed by atoms with Gasteiger partial charge in [-0.05, 0) is 85.5 Å². The zero-order chi connectivity index (χ0) is 44.1. The predicted molar refractivity (Wildman–Crippen MR) is 241 cm³/mol. The molecule has 0 unspecified atom stereocenters. The summed E-state index contributed by atoms with van der Waals surface area (Å²) < 4.78 is 24.8. The fourth-order valence-electron chi connectivity index (χ4n) is 10.4. The number of aromatic nitrogens is 4. The van der Waals surface area contributed by atoms with Crippen molar-refractivity contribution in [1.29, 1.82) is 0 Å². The molecule has 5 aromatic rings. The Morgan fingerprint density at radius 3 is 2.44 bits per heavy atom. The number of halogens is 1. The third kappa shape index (κ3) is 8.24. The number of phenolic OH excluding ortho intramolecular Hbond substituents is 1. The number of alkyl halides is 1. The van der Waals surface area contributed by atoms with Crippen LogP contribution < -0.4 is 20.9 Å². The number of carbonyl (C=O) groups is 3. The van der Waals surface area contributed by atoms with E-state index in [4.69, 9.17) is 15.5 Å². The van der Waals surface area contributed by atoms with Crippen LogP contribution in [0.15, 0.2) is 73.1 Å². The van der Waals surface area contributed by atoms with Crippen molar-refractivity contribution in [2.75, 3.05) is 75.0 Å². The van der Waals surface area contributed by atoms with E-state index in [1.807, 2.05) is 42.5 Å². The third-order valence-electron chi connectivity index (χ3n) is 14.2. The molecule has 0 radical (unpaired) electrons. The van der Waals surface area contributed by atoms with Crippen molar-refractivity contribution in [1.82, 2.24) is 34.9 Å². The number of methoxy groups -OCH3 is 1. The maximum Gasteiger partial charge on any atom is 0.328 e. The number of imide groups is 1. The summed E-state index contributed by atoms with van der Waals surface area (Å²) in [5.41, 5.74) is 11.3. The molecule has 4 N–H and O–H groups in total. The van der Waals surface area contributed by atoms with Crippen molar-refractivity contribution < 1.29 is 28.6 Å². The molecule has 334 valence electrons. The smallest absolute Gasteiger partial charge is 0.328 e. The Bertz CT molecular complexity index is 2570. The van der Waals surface area contributed by atoms with E-state index in [0.29, 0.717) is 86.4 Å². The monoisotopic (exact) mass is 870 g/mol. The van der Waals surface area contributed by atoms with E-state index in [1.165, 1.54) is 5.56 Å². The highest BCUT2D eigenvalue weighted by molar-refractivity contribution is 6.06. The van der Waals surface area contributed by atoms with Gasteiger partial charge in [0.15, 0.2) is 5.82 Å². The molecular weight excluding hydrogens is 816 g/mol. The number of anilines is 3. The van der Waals surface area contributed by atoms with Crippen LogP contribution in [0.3, 0.4) is 0 Å². The van der Waals surface area contributed by atoms with Gasteiger partial charge in [-0.15, -0.1) is 10.2 Å². The number of benzene rings is 2. The maximum atomic E-state index is 16.5. The molecule has 2 aromatic carbocycles. The number of pyridine rings is 1. The second kappa shape index (κ2) is 17.1. The maximum absolute atomic E-state index is 16.5. The molecular formula is C48H55FN10O5. The second-order valence-corrected chi connectivity index (χ2v) is 18.3. The van der Waals surface area contributed by atoms with Gasteiger partial charge in [0.05, 0.1) is 29.4 Å². The molecule has 10 rings (SSSR count). The summed E-state index contributed by atoms with van der Waals surface area (Å²) in [7, 11) is 1.73. The number of likely N-dealkylation sites (tertiary alicyclic amines) is 2. The summed E-state index contributed by atoms with van der Waals surface area (Å²) >= 11 is 0. The van der Waals surface area contributed by atoms with Gasteiger partial charge >= 0.3 is 6.03 Å². The lowest BCUT2D eigenvalue weighted by atomic mass is 9.87. The number of fused-ring (bicyclic) bond motifs is 1. The molecule has 4 saturated heterocycles. The molecule has 2 atom stereocenters. The van der Waals surface area contributed by atoms with Gasteiger partial charge in [-0.25, -0.2) is 14.2 Å². The van der Waals surface area contributed by atoms with E-state index in [0.717, 1.165) is 67.5 Å². The quantitative estimate of drug-likeness (QED) is 0.142. The Balaban J connectivity index is 0.741. The molecule has 0 spiro atoms. The molecule has 4 amide bonds. The average Bonchev–Trinajstić information content (AvgIpc) is 4.09. The average molecular weight is 871 g/mol. The first-order chi connectivity index (χ1) is 31.0. The van der Waals surface area contributed by atoms with Crippen LogP contribution in [0.4, 0.5) is 26.4 Å². The Kier molecular flexibility index (Phi) is 11.2. The van der Waals surface area contributed by atoms with Crippen molar-refractivity contribution in [3.8, 4) is 17.0 Å². The van der Waals surface area contributed by atoms with E-state index in [1.54, 1.807) is 41.3 Å². The van der Waals surface area contributed by atoms with Gasteiger partial charge in [0.1, 0.15) is 17.1 Å². The minimum Gasteiger partial charge on any atom is -0.507 e. The van der Waals surface area contributed by atoms with Crippen LogP contribution in [0.25, 0.3) is 22.3 Å². The van der Waals surface area contributed by atoms with Gasteiger partial charge in [0.25, 0.3) is 5.91 Å². The normalized spacial score (nSPS) is 22.2. The van der Waals surface area contributed by atoms with Crippen LogP contribution in [-0.4, -0.2) is 124 Å². The SMILES string of the molecule is CO[C@@H]1CCN(c2cc(-c3ccccc3O)nnc2N)C[C@H]1c1ccc(C(=O)N2CCC(F)(CN3CCC(n4cc(C5CC5)c5cc(N6CCC(=O)NC6=O)cnc54)CC3)CC2)cc1. The number of urea groups is 1. The van der Waals surface area contributed by atoms with E-state index in [2.05, 4.69) is 36.1 Å². The largest absolute Gasteiger partial charge is 0.507 e. The summed E-state index contributed by atoms with van der Waals surface area (Å²) in [5, 5.41) is 22.4. The van der Waals surface area contributed by atoms with Gasteiger partial charge in [-0.1, -0.05) is 24.3 Å². The number of ether oxygens (including phenoxy) is 1. The first-order valence-corrected chi connectivity index (χ1v) is 22.7. The topological polar surface area (TPSA) is 175 Å². The number of nitrogens with two attached hydrogens (primary N) is 1. The van der Waals surface area contributed by atoms with Crippen molar-refractivity contribution in [3.63, 3.8) is 0 Å². The highest BCUT2D eigenvalue weighted by atomic mass is 19.1. The van der Waals surface area contributed by atoms with Crippen molar-refractivity contribution in [2.24, 2.45) is 0 Å². The van der Waals surface area contributed by atoms with Crippen LogP contribution in [0.1, 0.15) is 90.7 Å². The van der Waals surface area contributed by atoms with Gasteiger partial charge in [0, 0.05) is 113 Å². The molecule has 64 heavy (non-hydrogen) atoms. The number of hydrogen-bond donors (Lipinski definition) is 3. The molecule has 5 aliphatic rings. The number of nitrogens with one attached hydrogen (secondary N) is 1. The first kappa shape index (κ1) is 41.9. The third-order valence-corrected chi connectivity index (χ3v) is 14.2. The summed E-state index contributed by atoms with van der Waals surface area (Å²) in [4.78, 5) is 50.8. The number of phenols is 1. The summed E-state index contributed by atoms with van der Waals surface area (Å²) in [5.74, 6) is 0.564. The Hall–Kier alpha value is -6.13. The molecule has 4 aliphatic heterocycles. The fraction of sp³-hybridized carbons (Fsp3) is 0.458. The molecule has 0 bridgehead atoms. The van der Waals surface area contributed by atoms with Crippen molar-refractivity contribution in [3.05, 3.63) is 89.7 Å². The summed E-state index contributed by atoms with van der Waals surface area (Å²) in [6.07, 6.45) is 9.59. The lowest BCUT2D eigenvalue weighted by molar-refractivity contribution is -0.120. The van der Waals surface area contributed by atoms with E-state index < -0.39 is 11.7 Å². The molecule has 16 heteroatoms. The minimum atomic E-state index is -1.37. The fourth-order valence-corrected chi connectivity index (χ4v) is 10.4. The molecule has 3 aromatic heterocycles. The Morgan fingerprint density at radius 1 is 0.953 bits per heavy atom. The number of amides is 4. The number of nitrogens with zero attached hydrogens (tertiary/aromatic N) is 8. The standard InChI is InChI=1S/C48H55FN10O5/c1-64-42-14-20-57(40-25-39(53-54-44(40)50)35-4-2-3-5-41(35)60)27-38(42)31-8-10-32(11-9-31)46(62)56-22-16-48(49,17-23-56)29-55-18-12-33(13-19-55)59-28-37(30-6-7-30)36-24-34(26-51-45(36)59)58-21-15-43(61)52-47(58)63/h2-5,8-11,24-26,28,30,33,38,42,60H,6-7,12-23,27,29H2,1H3,(H2,50,54)(H,52,61,63)/t38-,42+/m0/s1. The lowest BCUT2D eigenvalue weighted by Gasteiger charge is -2.41. The van der Waals surface area contributed by atoms with Crippen molar-refractivity contribution in [2.45, 2.75) is 81.0 Å². The van der Waals surface area contributed by atoms with Gasteiger partial charge in [-0.3, -0.25) is 19.8 Å². The zero-order valence-electron chi connectivity index (χ0n) is 36.2. The Labute approximate surface area is 371 Å². The first-order valence-electron chi connectivity index (χ1n) is 22.7. The number of carbonyl (C=O) groups excluding carboxylic acids is 3. The number of para-hydroxylation sites is 1. The predicted octanol–water partition coefficient (Wildman–Crippen LogP) is 6.40. The van der Waals surface area contributed by atoms with Gasteiger partial charge < -0.3 is 34.8 Å².